The molecular formula is C19H27NO5. The molecule has 0 fully saturated rings. The van der Waals surface area contributed by atoms with Gasteiger partial charge in [0.25, 0.3) is 11.8 Å². The van der Waals surface area contributed by atoms with Crippen molar-refractivity contribution < 1.29 is 24.2 Å². The van der Waals surface area contributed by atoms with Crippen molar-refractivity contribution in [2.24, 2.45) is 0 Å². The van der Waals surface area contributed by atoms with Crippen molar-refractivity contribution in [1.29, 1.82) is 0 Å². The minimum Gasteiger partial charge on any atom is -0.396 e. The molecule has 1 aromatic rings. The number of benzene rings is 1. The van der Waals surface area contributed by atoms with E-state index < -0.39 is 0 Å². The monoisotopic (exact) mass is 349 g/mol. The maximum absolute atomic E-state index is 12.2. The van der Waals surface area contributed by atoms with E-state index in [0.717, 1.165) is 32.1 Å². The number of carbonyl (C=O) groups excluding carboxylic acids is 2. The number of aliphatic hydroxyl groups is 1. The van der Waals surface area contributed by atoms with Crippen LogP contribution in [0.2, 0.25) is 0 Å². The summed E-state index contributed by atoms with van der Waals surface area (Å²) in [6, 6.07) is 6.97. The van der Waals surface area contributed by atoms with Gasteiger partial charge in [-0.1, -0.05) is 12.1 Å². The van der Waals surface area contributed by atoms with Gasteiger partial charge in [0.2, 0.25) is 0 Å². The van der Waals surface area contributed by atoms with Crippen molar-refractivity contribution in [2.75, 3.05) is 39.6 Å². The van der Waals surface area contributed by atoms with Crippen molar-refractivity contribution in [3.05, 3.63) is 35.4 Å². The molecule has 0 bridgehead atoms. The van der Waals surface area contributed by atoms with Gasteiger partial charge in [0.05, 0.1) is 24.3 Å². The Labute approximate surface area is 148 Å². The Morgan fingerprint density at radius 3 is 1.88 bits per heavy atom. The predicted molar refractivity (Wildman–Crippen MR) is 93.6 cm³/mol. The molecule has 0 aliphatic carbocycles. The summed E-state index contributed by atoms with van der Waals surface area (Å²) in [7, 11) is 0. The maximum Gasteiger partial charge on any atom is 0.261 e. The Bertz CT molecular complexity index is 526. The van der Waals surface area contributed by atoms with Gasteiger partial charge < -0.3 is 14.6 Å². The molecule has 1 N–H and O–H groups in total. The number of carbonyl (C=O) groups is 2. The summed E-state index contributed by atoms with van der Waals surface area (Å²) < 4.78 is 10.9. The Kier molecular flexibility index (Phi) is 8.59. The van der Waals surface area contributed by atoms with E-state index in [1.807, 2.05) is 0 Å². The molecule has 0 radical (unpaired) electrons. The Hall–Kier alpha value is -1.76. The number of aliphatic hydroxyl groups excluding tert-OH is 1. The highest BCUT2D eigenvalue weighted by Gasteiger charge is 2.34. The Balaban J connectivity index is 1.49. The van der Waals surface area contributed by atoms with Crippen molar-refractivity contribution in [1.82, 2.24) is 4.90 Å². The number of rotatable bonds is 13. The summed E-state index contributed by atoms with van der Waals surface area (Å²) in [4.78, 5) is 25.7. The van der Waals surface area contributed by atoms with Crippen molar-refractivity contribution >= 4 is 11.8 Å². The molecule has 6 nitrogen and oxygen atoms in total. The second kappa shape index (κ2) is 11.0. The van der Waals surface area contributed by atoms with Gasteiger partial charge in [0.15, 0.2) is 0 Å². The van der Waals surface area contributed by atoms with Crippen molar-refractivity contribution in [2.45, 2.75) is 32.1 Å². The SMILES string of the molecule is O=C1c2ccccc2C(=O)N1CCCCCOCCOCCCCO. The summed E-state index contributed by atoms with van der Waals surface area (Å²) in [5, 5.41) is 8.63. The molecule has 0 saturated carbocycles. The summed E-state index contributed by atoms with van der Waals surface area (Å²) in [5.41, 5.74) is 1.02. The van der Waals surface area contributed by atoms with Crippen LogP contribution in [0, 0.1) is 0 Å². The lowest BCUT2D eigenvalue weighted by molar-refractivity contribution is 0.0436. The standard InChI is InChI=1S/C19H27NO5/c21-11-5-7-13-25-15-14-24-12-6-1-4-10-20-18(22)16-8-2-3-9-17(16)19(20)23/h2-3,8-9,21H,1,4-7,10-15H2. The lowest BCUT2D eigenvalue weighted by atomic mass is 10.1. The van der Waals surface area contributed by atoms with Gasteiger partial charge >= 0.3 is 0 Å². The zero-order valence-electron chi connectivity index (χ0n) is 14.6. The van der Waals surface area contributed by atoms with Crippen LogP contribution in [-0.4, -0.2) is 61.4 Å². The number of hydrogen-bond acceptors (Lipinski definition) is 5. The lowest BCUT2D eigenvalue weighted by Crippen LogP contribution is -2.30. The third-order valence-corrected chi connectivity index (χ3v) is 4.12. The van der Waals surface area contributed by atoms with Crippen LogP contribution in [-0.2, 0) is 9.47 Å². The van der Waals surface area contributed by atoms with Gasteiger partial charge in [0.1, 0.15) is 0 Å². The molecule has 0 atom stereocenters. The fraction of sp³-hybridized carbons (Fsp3) is 0.579. The Morgan fingerprint density at radius 2 is 1.32 bits per heavy atom. The summed E-state index contributed by atoms with van der Waals surface area (Å²) in [5.74, 6) is -0.370. The number of amides is 2. The number of ether oxygens (including phenoxy) is 2. The first kappa shape index (κ1) is 19.6. The lowest BCUT2D eigenvalue weighted by Gasteiger charge is -2.13. The first-order chi connectivity index (χ1) is 12.3. The molecule has 1 heterocycles. The number of imide groups is 1. The quantitative estimate of drug-likeness (QED) is 0.437. The molecule has 1 aliphatic rings. The second-order valence-electron chi connectivity index (χ2n) is 6.02. The summed E-state index contributed by atoms with van der Waals surface area (Å²) in [6.45, 7) is 3.12. The zero-order valence-corrected chi connectivity index (χ0v) is 14.6. The molecule has 25 heavy (non-hydrogen) atoms. The molecule has 2 rings (SSSR count). The molecule has 0 spiro atoms. The minimum atomic E-state index is -0.185. The summed E-state index contributed by atoms with van der Waals surface area (Å²) >= 11 is 0. The molecular weight excluding hydrogens is 322 g/mol. The molecule has 138 valence electrons. The van der Waals surface area contributed by atoms with Gasteiger partial charge in [0, 0.05) is 26.4 Å². The van der Waals surface area contributed by atoms with Gasteiger partial charge in [-0.15, -0.1) is 0 Å². The average molecular weight is 349 g/mol. The van der Waals surface area contributed by atoms with Crippen LogP contribution >= 0.6 is 0 Å². The highest BCUT2D eigenvalue weighted by Crippen LogP contribution is 2.22. The van der Waals surface area contributed by atoms with Gasteiger partial charge in [-0.25, -0.2) is 0 Å². The topological polar surface area (TPSA) is 76.1 Å². The average Bonchev–Trinajstić information content (AvgIpc) is 2.87. The van der Waals surface area contributed by atoms with Crippen LogP contribution in [0.4, 0.5) is 0 Å². The van der Waals surface area contributed by atoms with Crippen LogP contribution in [0.15, 0.2) is 24.3 Å². The highest BCUT2D eigenvalue weighted by molar-refractivity contribution is 6.21. The molecule has 2 amide bonds. The van der Waals surface area contributed by atoms with E-state index in [1.165, 1.54) is 4.90 Å². The molecule has 0 saturated heterocycles. The van der Waals surface area contributed by atoms with Crippen LogP contribution in [0.1, 0.15) is 52.8 Å². The third-order valence-electron chi connectivity index (χ3n) is 4.12. The largest absolute Gasteiger partial charge is 0.396 e. The third kappa shape index (κ3) is 5.92. The van der Waals surface area contributed by atoms with Crippen molar-refractivity contribution in [3.63, 3.8) is 0 Å². The fourth-order valence-corrected chi connectivity index (χ4v) is 2.73. The van der Waals surface area contributed by atoms with Gasteiger partial charge in [-0.05, 0) is 44.2 Å². The Morgan fingerprint density at radius 1 is 0.760 bits per heavy atom. The number of nitrogens with zero attached hydrogens (tertiary/aromatic N) is 1. The predicted octanol–water partition coefficient (Wildman–Crippen LogP) is 2.26. The van der Waals surface area contributed by atoms with Crippen LogP contribution < -0.4 is 0 Å². The first-order valence-electron chi connectivity index (χ1n) is 8.97. The second-order valence-corrected chi connectivity index (χ2v) is 6.02. The molecule has 0 aromatic heterocycles. The van der Waals surface area contributed by atoms with Crippen LogP contribution in [0.25, 0.3) is 0 Å². The van der Waals surface area contributed by atoms with E-state index in [4.69, 9.17) is 14.6 Å². The van der Waals surface area contributed by atoms with E-state index in [9.17, 15) is 9.59 Å². The van der Waals surface area contributed by atoms with E-state index >= 15 is 0 Å². The van der Waals surface area contributed by atoms with E-state index in [-0.39, 0.29) is 18.4 Å². The molecule has 0 unspecified atom stereocenters. The number of unbranched alkanes of at least 4 members (excludes halogenated alkanes) is 3. The maximum atomic E-state index is 12.2. The van der Waals surface area contributed by atoms with Gasteiger partial charge in [-0.3, -0.25) is 14.5 Å². The van der Waals surface area contributed by atoms with Crippen LogP contribution in [0.5, 0.6) is 0 Å². The molecule has 6 heteroatoms. The van der Waals surface area contributed by atoms with E-state index in [2.05, 4.69) is 0 Å². The van der Waals surface area contributed by atoms with E-state index in [0.29, 0.717) is 44.1 Å². The fourth-order valence-electron chi connectivity index (χ4n) is 2.73. The summed E-state index contributed by atoms with van der Waals surface area (Å²) in [6.07, 6.45) is 4.23. The van der Waals surface area contributed by atoms with E-state index in [1.54, 1.807) is 24.3 Å². The normalized spacial score (nSPS) is 13.6. The van der Waals surface area contributed by atoms with Crippen LogP contribution in [0.3, 0.4) is 0 Å². The molecule has 1 aliphatic heterocycles. The van der Waals surface area contributed by atoms with Gasteiger partial charge in [-0.2, -0.15) is 0 Å². The zero-order chi connectivity index (χ0) is 17.9. The highest BCUT2D eigenvalue weighted by atomic mass is 16.5. The smallest absolute Gasteiger partial charge is 0.261 e. The minimum absolute atomic E-state index is 0.185. The number of hydrogen-bond donors (Lipinski definition) is 1. The molecule has 1 aromatic carbocycles. The number of fused-ring (bicyclic) bond motifs is 1. The first-order valence-corrected chi connectivity index (χ1v) is 8.97. The van der Waals surface area contributed by atoms with Crippen molar-refractivity contribution in [3.8, 4) is 0 Å².